The molecule has 0 radical (unpaired) electrons. The molecule has 0 saturated carbocycles. The van der Waals surface area contributed by atoms with Crippen LogP contribution in [0.25, 0.3) is 6.08 Å². The average molecular weight is 338 g/mol. The van der Waals surface area contributed by atoms with Crippen LogP contribution in [-0.4, -0.2) is 47.7 Å². The van der Waals surface area contributed by atoms with Crippen molar-refractivity contribution in [3.05, 3.63) is 40.9 Å². The number of aliphatic carboxylic acids is 1. The number of hydrogen-bond donors (Lipinski definition) is 1. The van der Waals surface area contributed by atoms with Gasteiger partial charge in [-0.25, -0.2) is 0 Å². The molecule has 124 valence electrons. The molecule has 1 aromatic rings. The number of amides is 1. The molecule has 5 nitrogen and oxygen atoms in total. The normalized spacial score (nSPS) is 15.7. The Kier molecular flexibility index (Phi) is 6.62. The van der Waals surface area contributed by atoms with E-state index in [9.17, 15) is 9.59 Å². The summed E-state index contributed by atoms with van der Waals surface area (Å²) in [5.41, 5.74) is 0.757. The number of hydrogen-bond acceptors (Lipinski definition) is 3. The second-order valence-electron chi connectivity index (χ2n) is 5.37. The summed E-state index contributed by atoms with van der Waals surface area (Å²) in [6, 6.07) is 7.26. The van der Waals surface area contributed by atoms with Gasteiger partial charge in [0.25, 0.3) is 0 Å². The number of benzene rings is 1. The maximum atomic E-state index is 12.5. The van der Waals surface area contributed by atoms with E-state index in [-0.39, 0.29) is 24.9 Å². The van der Waals surface area contributed by atoms with Gasteiger partial charge in [0.05, 0.1) is 6.42 Å². The largest absolute Gasteiger partial charge is 0.481 e. The summed E-state index contributed by atoms with van der Waals surface area (Å²) in [4.78, 5) is 25.0. The van der Waals surface area contributed by atoms with Gasteiger partial charge in [0.15, 0.2) is 0 Å². The molecule has 1 aliphatic rings. The van der Waals surface area contributed by atoms with Gasteiger partial charge >= 0.3 is 5.97 Å². The van der Waals surface area contributed by atoms with E-state index in [0.29, 0.717) is 18.2 Å². The average Bonchev–Trinajstić information content (AvgIpc) is 2.55. The molecule has 2 rings (SSSR count). The van der Waals surface area contributed by atoms with Gasteiger partial charge in [0.1, 0.15) is 0 Å². The second kappa shape index (κ2) is 8.70. The summed E-state index contributed by atoms with van der Waals surface area (Å²) in [5, 5.41) is 9.46. The number of halogens is 1. The van der Waals surface area contributed by atoms with Gasteiger partial charge in [-0.05, 0) is 30.5 Å². The van der Waals surface area contributed by atoms with Crippen LogP contribution < -0.4 is 0 Å². The smallest absolute Gasteiger partial charge is 0.305 e. The predicted molar refractivity (Wildman–Crippen MR) is 88.3 cm³/mol. The topological polar surface area (TPSA) is 66.8 Å². The van der Waals surface area contributed by atoms with Crippen molar-refractivity contribution >= 4 is 29.6 Å². The molecule has 6 heteroatoms. The molecular weight excluding hydrogens is 318 g/mol. The molecule has 1 heterocycles. The van der Waals surface area contributed by atoms with Crippen LogP contribution in [0.15, 0.2) is 30.3 Å². The zero-order chi connectivity index (χ0) is 16.7. The third-order valence-electron chi connectivity index (χ3n) is 3.79. The third-order valence-corrected chi connectivity index (χ3v) is 4.14. The van der Waals surface area contributed by atoms with Gasteiger partial charge in [-0.15, -0.1) is 0 Å². The van der Waals surface area contributed by atoms with E-state index >= 15 is 0 Å². The highest BCUT2D eigenvalue weighted by molar-refractivity contribution is 6.32. The van der Waals surface area contributed by atoms with Crippen molar-refractivity contribution in [2.45, 2.75) is 25.3 Å². The molecule has 0 bridgehead atoms. The van der Waals surface area contributed by atoms with Gasteiger partial charge in [-0.3, -0.25) is 9.59 Å². The van der Waals surface area contributed by atoms with Crippen LogP contribution in [0, 0.1) is 0 Å². The second-order valence-corrected chi connectivity index (χ2v) is 5.78. The van der Waals surface area contributed by atoms with Crippen molar-refractivity contribution in [1.82, 2.24) is 4.90 Å². The molecule has 0 aliphatic carbocycles. The number of ether oxygens (including phenoxy) is 1. The number of carboxylic acid groups (broad SMARTS) is 1. The minimum atomic E-state index is -0.912. The van der Waals surface area contributed by atoms with Crippen LogP contribution in [0.3, 0.4) is 0 Å². The number of carbonyl (C=O) groups is 2. The lowest BCUT2D eigenvalue weighted by atomic mass is 10.1. The predicted octanol–water partition coefficient (Wildman–Crippen LogP) is 2.84. The lowest BCUT2D eigenvalue weighted by Crippen LogP contribution is -2.43. The Balaban J connectivity index is 2.08. The quantitative estimate of drug-likeness (QED) is 0.810. The van der Waals surface area contributed by atoms with E-state index in [1.807, 2.05) is 18.2 Å². The summed E-state index contributed by atoms with van der Waals surface area (Å²) >= 11 is 6.07. The molecular formula is C17H20ClNO4. The van der Waals surface area contributed by atoms with E-state index in [0.717, 1.165) is 18.4 Å². The molecule has 0 spiro atoms. The monoisotopic (exact) mass is 337 g/mol. The first-order chi connectivity index (χ1) is 11.1. The zero-order valence-corrected chi connectivity index (χ0v) is 13.5. The van der Waals surface area contributed by atoms with E-state index < -0.39 is 5.97 Å². The standard InChI is InChI=1S/C17H20ClNO4/c18-15-4-2-1-3-13(15)5-6-16(20)19(10-7-17(21)22)14-8-11-23-12-9-14/h1-6,14H,7-12H2,(H,21,22)/b6-5+. The lowest BCUT2D eigenvalue weighted by Gasteiger charge is -2.33. The summed E-state index contributed by atoms with van der Waals surface area (Å²) in [6.07, 6.45) is 4.51. The highest BCUT2D eigenvalue weighted by atomic mass is 35.5. The van der Waals surface area contributed by atoms with Crippen molar-refractivity contribution in [2.75, 3.05) is 19.8 Å². The van der Waals surface area contributed by atoms with E-state index in [4.69, 9.17) is 21.4 Å². The van der Waals surface area contributed by atoms with Gasteiger partial charge < -0.3 is 14.7 Å². The van der Waals surface area contributed by atoms with Crippen LogP contribution in [-0.2, 0) is 14.3 Å². The molecule has 1 amide bonds. The molecule has 23 heavy (non-hydrogen) atoms. The van der Waals surface area contributed by atoms with Crippen molar-refractivity contribution in [3.63, 3.8) is 0 Å². The van der Waals surface area contributed by atoms with Gasteiger partial charge in [0, 0.05) is 36.9 Å². The first kappa shape index (κ1) is 17.5. The van der Waals surface area contributed by atoms with E-state index in [1.165, 1.54) is 6.08 Å². The van der Waals surface area contributed by atoms with Crippen LogP contribution >= 0.6 is 11.6 Å². The fourth-order valence-corrected chi connectivity index (χ4v) is 2.75. The van der Waals surface area contributed by atoms with Crippen molar-refractivity contribution in [2.24, 2.45) is 0 Å². The number of rotatable bonds is 6. The number of carboxylic acids is 1. The van der Waals surface area contributed by atoms with Crippen molar-refractivity contribution in [1.29, 1.82) is 0 Å². The number of carbonyl (C=O) groups excluding carboxylic acids is 1. The van der Waals surface area contributed by atoms with Crippen LogP contribution in [0.4, 0.5) is 0 Å². The van der Waals surface area contributed by atoms with Gasteiger partial charge in [0.2, 0.25) is 5.91 Å². The van der Waals surface area contributed by atoms with E-state index in [2.05, 4.69) is 0 Å². The molecule has 0 unspecified atom stereocenters. The van der Waals surface area contributed by atoms with Gasteiger partial charge in [-0.2, -0.15) is 0 Å². The Hall–Kier alpha value is -1.85. The van der Waals surface area contributed by atoms with E-state index in [1.54, 1.807) is 17.0 Å². The van der Waals surface area contributed by atoms with Gasteiger partial charge in [-0.1, -0.05) is 29.8 Å². The highest BCUT2D eigenvalue weighted by Gasteiger charge is 2.24. The highest BCUT2D eigenvalue weighted by Crippen LogP contribution is 2.18. The Labute approximate surface area is 140 Å². The lowest BCUT2D eigenvalue weighted by molar-refractivity contribution is -0.138. The third kappa shape index (κ3) is 5.37. The molecule has 1 fully saturated rings. The maximum Gasteiger partial charge on any atom is 0.305 e. The molecule has 0 aromatic heterocycles. The summed E-state index contributed by atoms with van der Waals surface area (Å²) < 4.78 is 5.31. The first-order valence-electron chi connectivity index (χ1n) is 7.60. The first-order valence-corrected chi connectivity index (χ1v) is 7.98. The van der Waals surface area contributed by atoms with Crippen molar-refractivity contribution < 1.29 is 19.4 Å². The molecule has 1 aliphatic heterocycles. The number of nitrogens with zero attached hydrogens (tertiary/aromatic N) is 1. The Bertz CT molecular complexity index is 582. The Morgan fingerprint density at radius 3 is 2.65 bits per heavy atom. The Morgan fingerprint density at radius 2 is 2.00 bits per heavy atom. The minimum Gasteiger partial charge on any atom is -0.481 e. The summed E-state index contributed by atoms with van der Waals surface area (Å²) in [7, 11) is 0. The maximum absolute atomic E-state index is 12.5. The summed E-state index contributed by atoms with van der Waals surface area (Å²) in [6.45, 7) is 1.39. The van der Waals surface area contributed by atoms with Crippen molar-refractivity contribution in [3.8, 4) is 0 Å². The van der Waals surface area contributed by atoms with Crippen LogP contribution in [0.2, 0.25) is 5.02 Å². The molecule has 1 saturated heterocycles. The fourth-order valence-electron chi connectivity index (χ4n) is 2.55. The van der Waals surface area contributed by atoms with Crippen LogP contribution in [0.1, 0.15) is 24.8 Å². The molecule has 0 atom stereocenters. The summed E-state index contributed by atoms with van der Waals surface area (Å²) in [5.74, 6) is -1.11. The fraction of sp³-hybridized carbons (Fsp3) is 0.412. The minimum absolute atomic E-state index is 0.0199. The zero-order valence-electron chi connectivity index (χ0n) is 12.8. The Morgan fingerprint density at radius 1 is 1.30 bits per heavy atom. The van der Waals surface area contributed by atoms with Crippen LogP contribution in [0.5, 0.6) is 0 Å². The SMILES string of the molecule is O=C(O)CCN(C(=O)/C=C/c1ccccc1Cl)C1CCOCC1. The molecule has 1 N–H and O–H groups in total. The molecule has 1 aromatic carbocycles.